The second-order valence-electron chi connectivity index (χ2n) is 7.30. The molecule has 1 aliphatic heterocycles. The highest BCUT2D eigenvalue weighted by atomic mass is 16.6. The first kappa shape index (κ1) is 19.1. The predicted octanol–water partition coefficient (Wildman–Crippen LogP) is 3.94. The van der Waals surface area contributed by atoms with Crippen LogP contribution in [0.15, 0.2) is 52.9 Å². The summed E-state index contributed by atoms with van der Waals surface area (Å²) >= 11 is 0. The molecule has 0 radical (unpaired) electrons. The minimum atomic E-state index is -0.476. The maximum Gasteiger partial charge on any atom is 0.271 e. The molecular formula is C21H22N4O4. The number of non-ortho nitro benzene ring substituents is 1. The van der Waals surface area contributed by atoms with Gasteiger partial charge in [-0.15, -0.1) is 0 Å². The first-order chi connectivity index (χ1) is 14.0. The number of fused-ring (bicyclic) bond motifs is 1. The van der Waals surface area contributed by atoms with Gasteiger partial charge in [0.1, 0.15) is 5.52 Å². The second kappa shape index (κ2) is 8.00. The third kappa shape index (κ3) is 4.12. The number of rotatable bonds is 5. The fourth-order valence-electron chi connectivity index (χ4n) is 3.71. The highest BCUT2D eigenvalue weighted by Crippen LogP contribution is 2.30. The van der Waals surface area contributed by atoms with E-state index in [0.717, 1.165) is 42.9 Å². The average molecular weight is 394 g/mol. The molecule has 1 unspecified atom stereocenters. The van der Waals surface area contributed by atoms with Crippen LogP contribution in [0.5, 0.6) is 0 Å². The van der Waals surface area contributed by atoms with Crippen LogP contribution in [0, 0.1) is 10.1 Å². The lowest BCUT2D eigenvalue weighted by Gasteiger charge is -2.34. The summed E-state index contributed by atoms with van der Waals surface area (Å²) in [6.07, 6.45) is 1.72. The van der Waals surface area contributed by atoms with Gasteiger partial charge in [0.25, 0.3) is 5.69 Å². The molecule has 0 saturated carbocycles. The van der Waals surface area contributed by atoms with E-state index in [2.05, 4.69) is 15.2 Å². The van der Waals surface area contributed by atoms with Crippen molar-refractivity contribution in [1.29, 1.82) is 0 Å². The predicted molar refractivity (Wildman–Crippen MR) is 109 cm³/mol. The number of anilines is 1. The van der Waals surface area contributed by atoms with E-state index in [1.807, 2.05) is 31.2 Å². The standard InChI is InChI=1S/C21H22N4O4/c1-14(20(26)22-16-5-4-6-17(13-16)25(27)28)24-11-9-15(10-12-24)21-23-18-7-2-3-8-19(18)29-21/h2-8,13-15H,9-12H2,1H3,(H,22,26). The third-order valence-electron chi connectivity index (χ3n) is 5.44. The molecule has 1 N–H and O–H groups in total. The first-order valence-electron chi connectivity index (χ1n) is 9.66. The summed E-state index contributed by atoms with van der Waals surface area (Å²) in [6.45, 7) is 3.37. The molecule has 2 heterocycles. The Morgan fingerprint density at radius 3 is 2.72 bits per heavy atom. The van der Waals surface area contributed by atoms with Crippen LogP contribution in [0.25, 0.3) is 11.1 Å². The summed E-state index contributed by atoms with van der Waals surface area (Å²) in [5, 5.41) is 13.7. The average Bonchev–Trinajstić information content (AvgIpc) is 3.18. The number of nitrogens with zero attached hydrogens (tertiary/aromatic N) is 3. The lowest BCUT2D eigenvalue weighted by atomic mass is 9.95. The second-order valence-corrected chi connectivity index (χ2v) is 7.30. The van der Waals surface area contributed by atoms with Gasteiger partial charge in [0.15, 0.2) is 11.5 Å². The Bertz CT molecular complexity index is 1010. The van der Waals surface area contributed by atoms with Crippen LogP contribution in [0.3, 0.4) is 0 Å². The van der Waals surface area contributed by atoms with E-state index in [9.17, 15) is 14.9 Å². The first-order valence-corrected chi connectivity index (χ1v) is 9.66. The fourth-order valence-corrected chi connectivity index (χ4v) is 3.71. The largest absolute Gasteiger partial charge is 0.440 e. The highest BCUT2D eigenvalue weighted by molar-refractivity contribution is 5.94. The summed E-state index contributed by atoms with van der Waals surface area (Å²) < 4.78 is 5.90. The van der Waals surface area contributed by atoms with Crippen LogP contribution in [0.1, 0.15) is 31.6 Å². The van der Waals surface area contributed by atoms with Crippen LogP contribution in [-0.2, 0) is 4.79 Å². The van der Waals surface area contributed by atoms with Crippen molar-refractivity contribution in [3.63, 3.8) is 0 Å². The Kier molecular flexibility index (Phi) is 5.26. The molecule has 1 atom stereocenters. The van der Waals surface area contributed by atoms with Gasteiger partial charge in [0.05, 0.1) is 11.0 Å². The Morgan fingerprint density at radius 1 is 1.24 bits per heavy atom. The molecule has 29 heavy (non-hydrogen) atoms. The number of carbonyl (C=O) groups excluding carboxylic acids is 1. The van der Waals surface area contributed by atoms with E-state index in [4.69, 9.17) is 4.42 Å². The molecule has 8 heteroatoms. The number of para-hydroxylation sites is 2. The van der Waals surface area contributed by atoms with Gasteiger partial charge in [-0.1, -0.05) is 18.2 Å². The SMILES string of the molecule is CC(C(=O)Nc1cccc([N+](=O)[O-])c1)N1CCC(c2nc3ccccc3o2)CC1. The summed E-state index contributed by atoms with van der Waals surface area (Å²) in [5.41, 5.74) is 2.05. The molecule has 1 aromatic heterocycles. The van der Waals surface area contributed by atoms with E-state index >= 15 is 0 Å². The summed E-state index contributed by atoms with van der Waals surface area (Å²) in [7, 11) is 0. The summed E-state index contributed by atoms with van der Waals surface area (Å²) in [6, 6.07) is 13.4. The van der Waals surface area contributed by atoms with Gasteiger partial charge >= 0.3 is 0 Å². The zero-order chi connectivity index (χ0) is 20.4. The minimum absolute atomic E-state index is 0.0467. The number of oxazole rings is 1. The van der Waals surface area contributed by atoms with Gasteiger partial charge in [-0.2, -0.15) is 0 Å². The molecule has 0 bridgehead atoms. The van der Waals surface area contributed by atoms with Crippen LogP contribution in [-0.4, -0.2) is 39.8 Å². The van der Waals surface area contributed by atoms with E-state index in [-0.39, 0.29) is 23.6 Å². The zero-order valence-electron chi connectivity index (χ0n) is 16.1. The number of nitro groups is 1. The number of nitrogens with one attached hydrogen (secondary N) is 1. The smallest absolute Gasteiger partial charge is 0.271 e. The van der Waals surface area contributed by atoms with Gasteiger partial charge in [-0.05, 0) is 51.1 Å². The van der Waals surface area contributed by atoms with Gasteiger partial charge in [-0.3, -0.25) is 19.8 Å². The monoisotopic (exact) mass is 394 g/mol. The molecule has 0 aliphatic carbocycles. The van der Waals surface area contributed by atoms with Crippen molar-refractivity contribution in [2.75, 3.05) is 18.4 Å². The third-order valence-corrected chi connectivity index (χ3v) is 5.44. The lowest BCUT2D eigenvalue weighted by molar-refractivity contribution is -0.384. The quantitative estimate of drug-likeness (QED) is 0.519. The Balaban J connectivity index is 1.35. The molecule has 1 fully saturated rings. The number of likely N-dealkylation sites (tertiary alicyclic amines) is 1. The summed E-state index contributed by atoms with van der Waals surface area (Å²) in [5.74, 6) is 0.830. The molecule has 8 nitrogen and oxygen atoms in total. The van der Waals surface area contributed by atoms with Crippen molar-refractivity contribution in [3.05, 3.63) is 64.5 Å². The number of piperidine rings is 1. The topological polar surface area (TPSA) is 102 Å². The lowest BCUT2D eigenvalue weighted by Crippen LogP contribution is -2.45. The number of hydrogen-bond donors (Lipinski definition) is 1. The molecule has 2 aromatic carbocycles. The van der Waals surface area contributed by atoms with Crippen molar-refractivity contribution in [1.82, 2.24) is 9.88 Å². The van der Waals surface area contributed by atoms with Gasteiger partial charge in [0, 0.05) is 23.7 Å². The number of amides is 1. The number of hydrogen-bond acceptors (Lipinski definition) is 6. The Morgan fingerprint density at radius 2 is 2.00 bits per heavy atom. The maximum atomic E-state index is 12.6. The molecule has 3 aromatic rings. The number of carbonyl (C=O) groups is 1. The van der Waals surface area contributed by atoms with Crippen molar-refractivity contribution in [3.8, 4) is 0 Å². The molecule has 0 spiro atoms. The Hall–Kier alpha value is -3.26. The van der Waals surface area contributed by atoms with Crippen LogP contribution in [0.2, 0.25) is 0 Å². The zero-order valence-corrected chi connectivity index (χ0v) is 16.1. The molecular weight excluding hydrogens is 372 g/mol. The molecule has 1 aliphatic rings. The van der Waals surface area contributed by atoms with E-state index in [1.165, 1.54) is 12.1 Å². The van der Waals surface area contributed by atoms with Crippen LogP contribution in [0.4, 0.5) is 11.4 Å². The highest BCUT2D eigenvalue weighted by Gasteiger charge is 2.29. The van der Waals surface area contributed by atoms with Gasteiger partial charge in [-0.25, -0.2) is 4.98 Å². The number of benzene rings is 2. The van der Waals surface area contributed by atoms with Crippen LogP contribution < -0.4 is 5.32 Å². The molecule has 1 saturated heterocycles. The minimum Gasteiger partial charge on any atom is -0.440 e. The van der Waals surface area contributed by atoms with Crippen molar-refractivity contribution in [2.24, 2.45) is 0 Å². The van der Waals surface area contributed by atoms with Crippen molar-refractivity contribution < 1.29 is 14.1 Å². The van der Waals surface area contributed by atoms with Gasteiger partial charge in [0.2, 0.25) is 5.91 Å². The Labute approximate surface area is 167 Å². The summed E-state index contributed by atoms with van der Waals surface area (Å²) in [4.78, 5) is 29.7. The fraction of sp³-hybridized carbons (Fsp3) is 0.333. The normalized spacial score (nSPS) is 16.6. The van der Waals surface area contributed by atoms with Gasteiger partial charge < -0.3 is 9.73 Å². The number of aromatic nitrogens is 1. The van der Waals surface area contributed by atoms with E-state index in [1.54, 1.807) is 12.1 Å². The molecule has 150 valence electrons. The maximum absolute atomic E-state index is 12.6. The van der Waals surface area contributed by atoms with E-state index in [0.29, 0.717) is 5.69 Å². The van der Waals surface area contributed by atoms with Crippen molar-refractivity contribution >= 4 is 28.4 Å². The molecule has 4 rings (SSSR count). The van der Waals surface area contributed by atoms with Crippen LogP contribution >= 0.6 is 0 Å². The van der Waals surface area contributed by atoms with Crippen molar-refractivity contribution in [2.45, 2.75) is 31.7 Å². The molecule has 1 amide bonds. The van der Waals surface area contributed by atoms with E-state index < -0.39 is 4.92 Å². The number of nitro benzene ring substituents is 1.